The van der Waals surface area contributed by atoms with Crippen molar-refractivity contribution >= 4 is 5.65 Å². The molecular formula is C18H21N3O. The lowest BCUT2D eigenvalue weighted by Gasteiger charge is -1.99. The lowest BCUT2D eigenvalue weighted by Crippen LogP contribution is -2.12. The molecule has 1 aliphatic carbocycles. The predicted octanol–water partition coefficient (Wildman–Crippen LogP) is 3.65. The SMILES string of the molecule is Cc1cccc2nc(CNCc3ccc(C4CC4C)o3)cn12. The number of aromatic nitrogens is 2. The first-order valence-electron chi connectivity index (χ1n) is 7.93. The summed E-state index contributed by atoms with van der Waals surface area (Å²) in [4.78, 5) is 4.63. The molecule has 0 bridgehead atoms. The van der Waals surface area contributed by atoms with Crippen LogP contribution >= 0.6 is 0 Å². The summed E-state index contributed by atoms with van der Waals surface area (Å²) in [6, 6.07) is 10.4. The summed E-state index contributed by atoms with van der Waals surface area (Å²) in [5, 5.41) is 3.41. The smallest absolute Gasteiger partial charge is 0.137 e. The van der Waals surface area contributed by atoms with Gasteiger partial charge in [-0.3, -0.25) is 0 Å². The highest BCUT2D eigenvalue weighted by atomic mass is 16.3. The van der Waals surface area contributed by atoms with Gasteiger partial charge in [-0.2, -0.15) is 0 Å². The standard InChI is InChI=1S/C18H21N3O/c1-12-8-16(12)17-7-6-15(22-17)10-19-9-14-11-21-13(2)4-3-5-18(21)20-14/h3-7,11-12,16,19H,8-10H2,1-2H3. The van der Waals surface area contributed by atoms with Crippen LogP contribution in [-0.4, -0.2) is 9.38 Å². The monoisotopic (exact) mass is 295 g/mol. The maximum atomic E-state index is 5.91. The number of hydrogen-bond donors (Lipinski definition) is 1. The minimum absolute atomic E-state index is 0.648. The van der Waals surface area contributed by atoms with Crippen molar-refractivity contribution in [2.75, 3.05) is 0 Å². The Balaban J connectivity index is 1.37. The van der Waals surface area contributed by atoms with Crippen LogP contribution in [0.1, 0.15) is 42.2 Å². The topological polar surface area (TPSA) is 42.5 Å². The molecule has 4 nitrogen and oxygen atoms in total. The van der Waals surface area contributed by atoms with Crippen molar-refractivity contribution < 1.29 is 4.42 Å². The molecule has 1 saturated carbocycles. The highest BCUT2D eigenvalue weighted by molar-refractivity contribution is 5.41. The molecule has 3 aromatic heterocycles. The molecule has 0 saturated heterocycles. The van der Waals surface area contributed by atoms with E-state index in [0.29, 0.717) is 5.92 Å². The number of fused-ring (bicyclic) bond motifs is 1. The zero-order chi connectivity index (χ0) is 15.1. The van der Waals surface area contributed by atoms with Gasteiger partial charge in [0.2, 0.25) is 0 Å². The lowest BCUT2D eigenvalue weighted by molar-refractivity contribution is 0.443. The zero-order valence-corrected chi connectivity index (χ0v) is 13.0. The number of hydrogen-bond acceptors (Lipinski definition) is 3. The van der Waals surface area contributed by atoms with Gasteiger partial charge < -0.3 is 14.1 Å². The van der Waals surface area contributed by atoms with Crippen LogP contribution in [0.15, 0.2) is 40.9 Å². The molecule has 0 aliphatic heterocycles. The van der Waals surface area contributed by atoms with E-state index in [0.717, 1.165) is 41.9 Å². The van der Waals surface area contributed by atoms with Crippen LogP contribution in [0, 0.1) is 12.8 Å². The molecule has 22 heavy (non-hydrogen) atoms. The van der Waals surface area contributed by atoms with Crippen LogP contribution in [0.5, 0.6) is 0 Å². The first-order valence-corrected chi connectivity index (χ1v) is 7.93. The van der Waals surface area contributed by atoms with Crippen molar-refractivity contribution in [3.8, 4) is 0 Å². The third-order valence-electron chi connectivity index (χ3n) is 4.51. The molecular weight excluding hydrogens is 274 g/mol. The van der Waals surface area contributed by atoms with Crippen LogP contribution < -0.4 is 5.32 Å². The molecule has 1 N–H and O–H groups in total. The first-order chi connectivity index (χ1) is 10.7. The summed E-state index contributed by atoms with van der Waals surface area (Å²) in [6.07, 6.45) is 3.36. The normalized spacial score (nSPS) is 20.6. The lowest BCUT2D eigenvalue weighted by atomic mass is 10.3. The number of furan rings is 1. The summed E-state index contributed by atoms with van der Waals surface area (Å²) in [5.41, 5.74) is 3.25. The highest BCUT2D eigenvalue weighted by Crippen LogP contribution is 2.47. The molecule has 0 aromatic carbocycles. The van der Waals surface area contributed by atoms with E-state index in [2.05, 4.69) is 52.9 Å². The quantitative estimate of drug-likeness (QED) is 0.781. The molecule has 4 heteroatoms. The van der Waals surface area contributed by atoms with Crippen LogP contribution in [0.4, 0.5) is 0 Å². The third kappa shape index (κ3) is 2.55. The minimum Gasteiger partial charge on any atom is -0.464 e. The molecule has 1 fully saturated rings. The second kappa shape index (κ2) is 5.29. The molecule has 2 atom stereocenters. The van der Waals surface area contributed by atoms with Crippen molar-refractivity contribution in [1.82, 2.24) is 14.7 Å². The number of pyridine rings is 1. The van der Waals surface area contributed by atoms with Gasteiger partial charge in [-0.15, -0.1) is 0 Å². The fraction of sp³-hybridized carbons (Fsp3) is 0.389. The Labute approximate surface area is 130 Å². The van der Waals surface area contributed by atoms with Crippen molar-refractivity contribution in [3.05, 3.63) is 59.4 Å². The molecule has 0 amide bonds. The predicted molar refractivity (Wildman–Crippen MR) is 85.7 cm³/mol. The van der Waals surface area contributed by atoms with Crippen molar-refractivity contribution in [1.29, 1.82) is 0 Å². The highest BCUT2D eigenvalue weighted by Gasteiger charge is 2.36. The summed E-state index contributed by atoms with van der Waals surface area (Å²) in [5.74, 6) is 3.59. The average Bonchev–Trinajstić information content (AvgIpc) is 2.92. The maximum Gasteiger partial charge on any atom is 0.137 e. The van der Waals surface area contributed by atoms with Gasteiger partial charge in [-0.25, -0.2) is 4.98 Å². The summed E-state index contributed by atoms with van der Waals surface area (Å²) >= 11 is 0. The van der Waals surface area contributed by atoms with Gasteiger partial charge in [-0.1, -0.05) is 13.0 Å². The van der Waals surface area contributed by atoms with E-state index < -0.39 is 0 Å². The molecule has 1 aliphatic rings. The number of aryl methyl sites for hydroxylation is 1. The summed E-state index contributed by atoms with van der Waals surface area (Å²) in [7, 11) is 0. The van der Waals surface area contributed by atoms with E-state index in [9.17, 15) is 0 Å². The van der Waals surface area contributed by atoms with Gasteiger partial charge in [0.25, 0.3) is 0 Å². The Hall–Kier alpha value is -2.07. The van der Waals surface area contributed by atoms with E-state index in [-0.39, 0.29) is 0 Å². The van der Waals surface area contributed by atoms with Crippen LogP contribution in [0.25, 0.3) is 5.65 Å². The average molecular weight is 295 g/mol. The van der Waals surface area contributed by atoms with E-state index in [1.54, 1.807) is 0 Å². The summed E-state index contributed by atoms with van der Waals surface area (Å²) in [6.45, 7) is 5.86. The number of nitrogens with one attached hydrogen (secondary N) is 1. The van der Waals surface area contributed by atoms with E-state index in [1.807, 2.05) is 12.1 Å². The molecule has 114 valence electrons. The van der Waals surface area contributed by atoms with Crippen molar-refractivity contribution in [2.24, 2.45) is 5.92 Å². The zero-order valence-electron chi connectivity index (χ0n) is 13.0. The fourth-order valence-electron chi connectivity index (χ4n) is 3.01. The molecule has 3 heterocycles. The Bertz CT molecular complexity index is 802. The minimum atomic E-state index is 0.648. The largest absolute Gasteiger partial charge is 0.464 e. The molecule has 2 unspecified atom stereocenters. The van der Waals surface area contributed by atoms with Gasteiger partial charge in [0, 0.05) is 24.4 Å². The van der Waals surface area contributed by atoms with Crippen LogP contribution in [0.2, 0.25) is 0 Å². The Morgan fingerprint density at radius 2 is 2.14 bits per heavy atom. The first kappa shape index (κ1) is 13.6. The van der Waals surface area contributed by atoms with Gasteiger partial charge in [0.1, 0.15) is 17.2 Å². The maximum absolute atomic E-state index is 5.91. The molecule has 0 spiro atoms. The van der Waals surface area contributed by atoms with Crippen molar-refractivity contribution in [2.45, 2.75) is 39.3 Å². The Morgan fingerprint density at radius 3 is 2.91 bits per heavy atom. The fourth-order valence-corrected chi connectivity index (χ4v) is 3.01. The third-order valence-corrected chi connectivity index (χ3v) is 4.51. The van der Waals surface area contributed by atoms with Crippen LogP contribution in [0.3, 0.4) is 0 Å². The Kier molecular flexibility index (Phi) is 3.26. The number of imidazole rings is 1. The van der Waals surface area contributed by atoms with Gasteiger partial charge in [0.05, 0.1) is 12.2 Å². The van der Waals surface area contributed by atoms with E-state index in [1.165, 1.54) is 12.1 Å². The number of rotatable bonds is 5. The molecule has 4 rings (SSSR count). The van der Waals surface area contributed by atoms with E-state index >= 15 is 0 Å². The van der Waals surface area contributed by atoms with Gasteiger partial charge in [-0.05, 0) is 43.5 Å². The Morgan fingerprint density at radius 1 is 1.27 bits per heavy atom. The molecule has 3 aromatic rings. The van der Waals surface area contributed by atoms with Crippen LogP contribution in [-0.2, 0) is 13.1 Å². The molecule has 0 radical (unpaired) electrons. The van der Waals surface area contributed by atoms with E-state index in [4.69, 9.17) is 4.42 Å². The van der Waals surface area contributed by atoms with Crippen molar-refractivity contribution in [3.63, 3.8) is 0 Å². The summed E-state index contributed by atoms with van der Waals surface area (Å²) < 4.78 is 8.03. The van der Waals surface area contributed by atoms with Gasteiger partial charge in [0.15, 0.2) is 0 Å². The number of nitrogens with zero attached hydrogens (tertiary/aromatic N) is 2. The second-order valence-electron chi connectivity index (χ2n) is 6.35. The second-order valence-corrected chi connectivity index (χ2v) is 6.35. The van der Waals surface area contributed by atoms with Gasteiger partial charge >= 0.3 is 0 Å².